The Bertz CT molecular complexity index is 2410. The number of hydrogen-bond acceptors (Lipinski definition) is 16. The van der Waals surface area contributed by atoms with E-state index in [1.165, 1.54) is 25.8 Å². The topological polar surface area (TPSA) is 290 Å². The first kappa shape index (κ1) is 65.3. The van der Waals surface area contributed by atoms with Crippen molar-refractivity contribution in [2.24, 2.45) is 16.6 Å². The molecule has 0 bridgehead atoms. The number of nitrogens with two attached hydrogens (primary N) is 1. The third kappa shape index (κ3) is 22.5. The van der Waals surface area contributed by atoms with E-state index in [2.05, 4.69) is 72.7 Å². The van der Waals surface area contributed by atoms with Crippen molar-refractivity contribution in [1.82, 2.24) is 31.5 Å². The molecule has 1 fully saturated rings. The van der Waals surface area contributed by atoms with Crippen molar-refractivity contribution in [1.29, 1.82) is 0 Å². The largest absolute Gasteiger partial charge is 0.396 e. The van der Waals surface area contributed by atoms with E-state index in [9.17, 15) is 43.6 Å². The second-order valence-corrected chi connectivity index (χ2v) is 25.0. The normalized spacial score (nSPS) is 17.5. The molecule has 23 heteroatoms. The molecule has 2 aliphatic heterocycles. The number of likely N-dealkylation sites (tertiary alicyclic amines) is 1. The lowest BCUT2D eigenvalue weighted by Gasteiger charge is -2.30. The maximum absolute atomic E-state index is 14.1. The fourth-order valence-corrected chi connectivity index (χ4v) is 9.55. The van der Waals surface area contributed by atoms with Crippen molar-refractivity contribution in [3.05, 3.63) is 65.2 Å². The van der Waals surface area contributed by atoms with Crippen LogP contribution in [0.5, 0.6) is 0 Å². The van der Waals surface area contributed by atoms with Gasteiger partial charge in [0.05, 0.1) is 67.4 Å². The van der Waals surface area contributed by atoms with E-state index in [0.29, 0.717) is 66.3 Å². The van der Waals surface area contributed by atoms with Crippen LogP contribution in [-0.2, 0) is 58.6 Å². The van der Waals surface area contributed by atoms with Crippen molar-refractivity contribution >= 4 is 78.8 Å². The third-order valence-electron chi connectivity index (χ3n) is 12.6. The Kier molecular flexibility index (Phi) is 25.5. The first-order valence-electron chi connectivity index (χ1n) is 26.5. The quantitative estimate of drug-likeness (QED) is 0.0217. The van der Waals surface area contributed by atoms with E-state index in [4.69, 9.17) is 19.7 Å². The molecule has 0 radical (unpaired) electrons. The number of nitrogens with one attached hydrogen (secondary N) is 5. The van der Waals surface area contributed by atoms with Crippen LogP contribution in [0.25, 0.3) is 11.4 Å². The summed E-state index contributed by atoms with van der Waals surface area (Å²) in [6.07, 6.45) is 1.31. The summed E-state index contributed by atoms with van der Waals surface area (Å²) in [5.74, 6) is -4.07. The summed E-state index contributed by atoms with van der Waals surface area (Å²) in [7, 11) is -0.601. The van der Waals surface area contributed by atoms with Gasteiger partial charge in [-0.15, -0.1) is 11.8 Å². The second kappa shape index (κ2) is 30.4. The van der Waals surface area contributed by atoms with Crippen LogP contribution >= 0.6 is 20.4 Å². The van der Waals surface area contributed by atoms with Crippen molar-refractivity contribution in [3.8, 4) is 0 Å². The molecule has 78 heavy (non-hydrogen) atoms. The summed E-state index contributed by atoms with van der Waals surface area (Å²) in [4.78, 5) is 106. The SMILES string of the molecule is COP(O)OCCCSC1CC(=O)N(CCC(=O)NCCC(=O)N2Cc3ccccc3/C(NCC(=O)NC(CCC(=O)NCC(C)(O)OCCC(C)(C)C)C(=O)NCCC(C)(C)OCC(C)(C)C)=C(/N)c3ccccc32)C1=O. The van der Waals surface area contributed by atoms with Gasteiger partial charge in [-0.3, -0.25) is 38.5 Å². The monoisotopic (exact) mass is 1130 g/mol. The Morgan fingerprint density at radius 3 is 2.19 bits per heavy atom. The highest BCUT2D eigenvalue weighted by Crippen LogP contribution is 2.35. The van der Waals surface area contributed by atoms with E-state index >= 15 is 0 Å². The smallest absolute Gasteiger partial charge is 0.329 e. The van der Waals surface area contributed by atoms with E-state index in [-0.39, 0.29) is 112 Å². The minimum atomic E-state index is -1.93. The Balaban J connectivity index is 1.41. The van der Waals surface area contributed by atoms with Gasteiger partial charge < -0.3 is 65.7 Å². The van der Waals surface area contributed by atoms with Gasteiger partial charge in [-0.25, -0.2) is 0 Å². The molecule has 2 aliphatic rings. The van der Waals surface area contributed by atoms with E-state index in [1.54, 1.807) is 35.2 Å². The van der Waals surface area contributed by atoms with Crippen LogP contribution in [0.1, 0.15) is 130 Å². The Hall–Kier alpha value is -5.19. The van der Waals surface area contributed by atoms with Gasteiger partial charge in [0.15, 0.2) is 5.79 Å². The van der Waals surface area contributed by atoms with Gasteiger partial charge in [-0.1, -0.05) is 84.0 Å². The molecule has 0 aliphatic carbocycles. The predicted octanol–water partition coefficient (Wildman–Crippen LogP) is 4.83. The summed E-state index contributed by atoms with van der Waals surface area (Å²) in [5, 5.41) is 24.5. The number of anilines is 1. The number of rotatable bonds is 31. The minimum Gasteiger partial charge on any atom is -0.396 e. The highest BCUT2D eigenvalue weighted by atomic mass is 32.2. The molecule has 21 nitrogen and oxygen atoms in total. The van der Waals surface area contributed by atoms with Crippen LogP contribution in [0.4, 0.5) is 5.69 Å². The Labute approximate surface area is 465 Å². The van der Waals surface area contributed by atoms with E-state index in [0.717, 1.165) is 4.90 Å². The van der Waals surface area contributed by atoms with E-state index < -0.39 is 54.9 Å². The van der Waals surface area contributed by atoms with Crippen molar-refractivity contribution in [2.75, 3.05) is 70.3 Å². The number of benzene rings is 2. The molecule has 4 atom stereocenters. The van der Waals surface area contributed by atoms with Crippen LogP contribution in [0.3, 0.4) is 0 Å². The van der Waals surface area contributed by atoms with Crippen LogP contribution in [0, 0.1) is 10.8 Å². The van der Waals surface area contributed by atoms with Crippen molar-refractivity contribution in [2.45, 2.75) is 143 Å². The molecule has 2 heterocycles. The third-order valence-corrected chi connectivity index (χ3v) is 14.6. The second-order valence-electron chi connectivity index (χ2n) is 22.6. The van der Waals surface area contributed by atoms with Gasteiger partial charge in [-0.2, -0.15) is 0 Å². The molecule has 4 unspecified atom stereocenters. The van der Waals surface area contributed by atoms with Gasteiger partial charge in [0.25, 0.3) is 0 Å². The zero-order chi connectivity index (χ0) is 57.8. The number of thioether (sulfide) groups is 1. The average Bonchev–Trinajstić information content (AvgIpc) is 3.70. The maximum Gasteiger partial charge on any atom is 0.329 e. The molecule has 9 N–H and O–H groups in total. The fourth-order valence-electron chi connectivity index (χ4n) is 8.06. The summed E-state index contributed by atoms with van der Waals surface area (Å²) in [6, 6.07) is 13.2. The highest BCUT2D eigenvalue weighted by Gasteiger charge is 2.39. The van der Waals surface area contributed by atoms with Crippen LogP contribution in [0.2, 0.25) is 0 Å². The van der Waals surface area contributed by atoms with Gasteiger partial charge in [0, 0.05) is 63.6 Å². The van der Waals surface area contributed by atoms with Gasteiger partial charge in [0.1, 0.15) is 6.04 Å². The number of carbonyl (C=O) groups is 7. The number of aliphatic hydroxyl groups is 1. The molecule has 434 valence electrons. The average molecular weight is 1130 g/mol. The number of hydrogen-bond donors (Lipinski definition) is 8. The standard InChI is InChI=1S/C55H85N8O13PS/c1-52(2,3)25-30-74-55(9,71)35-60-43(64)21-20-40(50(69)58-27-24-54(7,8)75-36-53(4,5)6)61-45(66)33-59-49-38-17-12-11-16-37(38)34-63(41-19-14-13-18-39(41)48(49)56)46(67)22-26-57-44(65)23-28-62-47(68)32-42(51(62)70)78-31-15-29-76-77(72)73-10/h11-14,16-19,40,42,59,71-72H,15,20-36,56H2,1-10H3,(H,57,65)(H,58,69)(H,60,64)(H,61,66)/b49-48-. The van der Waals surface area contributed by atoms with Gasteiger partial charge in [-0.05, 0) is 74.7 Å². The highest BCUT2D eigenvalue weighted by molar-refractivity contribution is 8.00. The molecule has 0 aromatic heterocycles. The number of nitrogens with zero attached hydrogens (tertiary/aromatic N) is 2. The summed E-state index contributed by atoms with van der Waals surface area (Å²) in [6.45, 7) is 18.5. The first-order chi connectivity index (χ1) is 36.6. The minimum absolute atomic E-state index is 0.0106. The molecule has 0 saturated carbocycles. The molecule has 2 aromatic carbocycles. The molecule has 0 spiro atoms. The molecule has 4 rings (SSSR count). The molecule has 1 saturated heterocycles. The van der Waals surface area contributed by atoms with Crippen molar-refractivity contribution < 1.29 is 62.1 Å². The van der Waals surface area contributed by atoms with E-state index in [1.807, 2.05) is 32.0 Å². The summed E-state index contributed by atoms with van der Waals surface area (Å²) < 4.78 is 21.6. The number of ether oxygens (including phenoxy) is 2. The molecule has 2 aromatic rings. The van der Waals surface area contributed by atoms with Gasteiger partial charge >= 0.3 is 8.60 Å². The number of carbonyl (C=O) groups excluding carboxylic acids is 7. The molecular formula is C55H85N8O13PS. The molecule has 7 amide bonds. The van der Waals surface area contributed by atoms with Gasteiger partial charge in [0.2, 0.25) is 41.4 Å². The summed E-state index contributed by atoms with van der Waals surface area (Å²) in [5.41, 5.74) is 9.30. The number of amides is 7. The van der Waals surface area contributed by atoms with Crippen molar-refractivity contribution in [3.63, 3.8) is 0 Å². The Morgan fingerprint density at radius 2 is 1.50 bits per heavy atom. The summed E-state index contributed by atoms with van der Waals surface area (Å²) >= 11 is 1.32. The lowest BCUT2D eigenvalue weighted by atomic mass is 9.93. The molecular weight excluding hydrogens is 1040 g/mol. The lowest BCUT2D eigenvalue weighted by molar-refractivity contribution is -0.190. The number of fused-ring (bicyclic) bond motifs is 2. The zero-order valence-electron chi connectivity index (χ0n) is 47.2. The fraction of sp³-hybridized carbons (Fsp3) is 0.618. The number of para-hydroxylation sites is 1. The maximum atomic E-state index is 14.1. The first-order valence-corrected chi connectivity index (χ1v) is 28.7. The zero-order valence-corrected chi connectivity index (χ0v) is 48.9. The lowest BCUT2D eigenvalue weighted by Crippen LogP contribution is -2.50. The van der Waals surface area contributed by atoms with Crippen LogP contribution in [-0.4, -0.2) is 144 Å². The number of imide groups is 1. The Morgan fingerprint density at radius 1 is 0.821 bits per heavy atom. The van der Waals surface area contributed by atoms with Crippen LogP contribution in [0.15, 0.2) is 48.5 Å². The predicted molar refractivity (Wildman–Crippen MR) is 302 cm³/mol. The van der Waals surface area contributed by atoms with Crippen LogP contribution < -0.4 is 37.2 Å².